The maximum Gasteiger partial charge on any atom is 0.266 e. The smallest absolute Gasteiger partial charge is 0.266 e. The predicted octanol–water partition coefficient (Wildman–Crippen LogP) is 0.830. The van der Waals surface area contributed by atoms with Crippen LogP contribution in [-0.4, -0.2) is 26.6 Å². The van der Waals surface area contributed by atoms with Gasteiger partial charge in [-0.25, -0.2) is 22.0 Å². The van der Waals surface area contributed by atoms with Gasteiger partial charge < -0.3 is 0 Å². The minimum absolute atomic E-state index is 0.0221. The van der Waals surface area contributed by atoms with Gasteiger partial charge in [0, 0.05) is 12.7 Å². The van der Waals surface area contributed by atoms with Crippen molar-refractivity contribution in [3.05, 3.63) is 35.1 Å². The number of hydrogen-bond donors (Lipinski definition) is 2. The molecule has 1 aromatic heterocycles. The largest absolute Gasteiger partial charge is 0.279 e. The Bertz CT molecular complexity index is 918. The van der Waals surface area contributed by atoms with Gasteiger partial charge in [0.05, 0.1) is 10.6 Å². The molecule has 0 bridgehead atoms. The summed E-state index contributed by atoms with van der Waals surface area (Å²) in [6, 6.07) is 4.98. The van der Waals surface area contributed by atoms with Crippen LogP contribution in [0.3, 0.4) is 0 Å². The number of nitrogens with two attached hydrogens (primary N) is 1. The molecule has 2 rings (SSSR count). The molecule has 0 aliphatic rings. The SMILES string of the molecule is Cc1nn(C)c(Cl)c1S(=O)(=O)Nc1ccc(S(N)(=O)=O)cc1. The molecule has 0 fully saturated rings. The number of sulfonamides is 2. The van der Waals surface area contributed by atoms with Crippen molar-refractivity contribution < 1.29 is 16.8 Å². The molecule has 3 N–H and O–H groups in total. The number of nitrogens with one attached hydrogen (secondary N) is 1. The average molecular weight is 365 g/mol. The van der Waals surface area contributed by atoms with E-state index in [1.807, 2.05) is 0 Å². The van der Waals surface area contributed by atoms with Crippen molar-refractivity contribution in [3.63, 3.8) is 0 Å². The van der Waals surface area contributed by atoms with Crippen LogP contribution in [0, 0.1) is 6.92 Å². The van der Waals surface area contributed by atoms with Crippen LogP contribution in [0.2, 0.25) is 5.15 Å². The lowest BCUT2D eigenvalue weighted by atomic mass is 10.3. The summed E-state index contributed by atoms with van der Waals surface area (Å²) in [6.07, 6.45) is 0. The quantitative estimate of drug-likeness (QED) is 0.831. The van der Waals surface area contributed by atoms with Crippen LogP contribution < -0.4 is 9.86 Å². The first kappa shape index (κ1) is 16.7. The Labute approximate surface area is 133 Å². The molecule has 0 radical (unpaired) electrons. The Morgan fingerprint density at radius 1 is 1.18 bits per heavy atom. The molecule has 0 aliphatic carbocycles. The highest BCUT2D eigenvalue weighted by Gasteiger charge is 2.25. The fourth-order valence-corrected chi connectivity index (χ4v) is 4.16. The zero-order valence-corrected chi connectivity index (χ0v) is 14.0. The molecule has 22 heavy (non-hydrogen) atoms. The fraction of sp³-hybridized carbons (Fsp3) is 0.182. The molecule has 0 spiro atoms. The van der Waals surface area contributed by atoms with Crippen LogP contribution in [0.5, 0.6) is 0 Å². The van der Waals surface area contributed by atoms with Crippen molar-refractivity contribution in [1.29, 1.82) is 0 Å². The number of primary sulfonamides is 1. The van der Waals surface area contributed by atoms with Crippen molar-refractivity contribution in [2.24, 2.45) is 12.2 Å². The van der Waals surface area contributed by atoms with Gasteiger partial charge in [-0.15, -0.1) is 0 Å². The molecule has 0 aliphatic heterocycles. The summed E-state index contributed by atoms with van der Waals surface area (Å²) in [5, 5.41) is 8.89. The van der Waals surface area contributed by atoms with Crippen LogP contribution in [0.15, 0.2) is 34.1 Å². The second kappa shape index (κ2) is 5.54. The maximum atomic E-state index is 12.3. The standard InChI is InChI=1S/C11H13ClN4O4S2/c1-7-10(11(12)16(2)14-7)22(19,20)15-8-3-5-9(6-4-8)21(13,17)18/h3-6,15H,1-2H3,(H2,13,17,18). The van der Waals surface area contributed by atoms with Crippen molar-refractivity contribution in [1.82, 2.24) is 9.78 Å². The summed E-state index contributed by atoms with van der Waals surface area (Å²) >= 11 is 5.94. The van der Waals surface area contributed by atoms with E-state index in [1.54, 1.807) is 0 Å². The summed E-state index contributed by atoms with van der Waals surface area (Å²) in [7, 11) is -6.26. The lowest BCUT2D eigenvalue weighted by Gasteiger charge is -2.08. The van der Waals surface area contributed by atoms with Crippen molar-refractivity contribution in [3.8, 4) is 0 Å². The van der Waals surface area contributed by atoms with Gasteiger partial charge in [-0.3, -0.25) is 9.40 Å². The van der Waals surface area contributed by atoms with E-state index in [2.05, 4.69) is 9.82 Å². The third-order valence-corrected chi connectivity index (χ3v) is 5.81. The topological polar surface area (TPSA) is 124 Å². The van der Waals surface area contributed by atoms with E-state index in [1.165, 1.54) is 42.9 Å². The Kier molecular flexibility index (Phi) is 4.22. The van der Waals surface area contributed by atoms with Gasteiger partial charge in [0.2, 0.25) is 10.0 Å². The molecule has 1 aromatic carbocycles. The highest BCUT2D eigenvalue weighted by Crippen LogP contribution is 2.26. The number of halogens is 1. The second-order valence-corrected chi connectivity index (χ2v) is 8.04. The minimum Gasteiger partial charge on any atom is -0.279 e. The number of hydrogen-bond acceptors (Lipinski definition) is 5. The summed E-state index contributed by atoms with van der Waals surface area (Å²) in [5.74, 6) is 0. The molecule has 11 heteroatoms. The van der Waals surface area contributed by atoms with Gasteiger partial charge >= 0.3 is 0 Å². The number of anilines is 1. The van der Waals surface area contributed by atoms with Crippen molar-refractivity contribution in [2.75, 3.05) is 4.72 Å². The molecule has 1 heterocycles. The highest BCUT2D eigenvalue weighted by atomic mass is 35.5. The second-order valence-electron chi connectivity index (χ2n) is 4.50. The lowest BCUT2D eigenvalue weighted by Crippen LogP contribution is -2.15. The third-order valence-electron chi connectivity index (χ3n) is 2.80. The Hall–Kier alpha value is -1.62. The van der Waals surface area contributed by atoms with Crippen LogP contribution in [0.4, 0.5) is 5.69 Å². The van der Waals surface area contributed by atoms with Crippen molar-refractivity contribution in [2.45, 2.75) is 16.7 Å². The van der Waals surface area contributed by atoms with Gasteiger partial charge in [0.1, 0.15) is 10.0 Å². The number of nitrogens with zero attached hydrogens (tertiary/aromatic N) is 2. The molecule has 8 nitrogen and oxygen atoms in total. The van der Waals surface area contributed by atoms with Crippen LogP contribution >= 0.6 is 11.6 Å². The molecule has 0 saturated carbocycles. The highest BCUT2D eigenvalue weighted by molar-refractivity contribution is 7.93. The zero-order valence-electron chi connectivity index (χ0n) is 11.6. The van der Waals surface area contributed by atoms with E-state index < -0.39 is 20.0 Å². The first-order valence-corrected chi connectivity index (χ1v) is 9.28. The van der Waals surface area contributed by atoms with E-state index in [-0.39, 0.29) is 26.3 Å². The summed E-state index contributed by atoms with van der Waals surface area (Å²) < 4.78 is 50.6. The first-order chi connectivity index (χ1) is 10.0. The van der Waals surface area contributed by atoms with Gasteiger partial charge in [-0.2, -0.15) is 5.10 Å². The average Bonchev–Trinajstić information content (AvgIpc) is 2.62. The Morgan fingerprint density at radius 3 is 2.14 bits per heavy atom. The molecule has 0 amide bonds. The lowest BCUT2D eigenvalue weighted by molar-refractivity contribution is 0.597. The molecule has 120 valence electrons. The molecule has 0 atom stereocenters. The summed E-state index contributed by atoms with van der Waals surface area (Å²) in [5.41, 5.74) is 0.424. The van der Waals surface area contributed by atoms with E-state index in [4.69, 9.17) is 16.7 Å². The predicted molar refractivity (Wildman–Crippen MR) is 81.6 cm³/mol. The minimum atomic E-state index is -3.95. The monoisotopic (exact) mass is 364 g/mol. The van der Waals surface area contributed by atoms with Gasteiger partial charge in [0.15, 0.2) is 0 Å². The van der Waals surface area contributed by atoms with Gasteiger partial charge in [0.25, 0.3) is 10.0 Å². The molecular formula is C11H13ClN4O4S2. The first-order valence-electron chi connectivity index (χ1n) is 5.87. The van der Waals surface area contributed by atoms with Gasteiger partial charge in [-0.05, 0) is 31.2 Å². The van der Waals surface area contributed by atoms with Crippen LogP contribution in [0.1, 0.15) is 5.69 Å². The summed E-state index contributed by atoms with van der Waals surface area (Å²) in [4.78, 5) is -0.252. The fourth-order valence-electron chi connectivity index (χ4n) is 1.83. The molecular weight excluding hydrogens is 352 g/mol. The Morgan fingerprint density at radius 2 is 1.73 bits per heavy atom. The van der Waals surface area contributed by atoms with Crippen LogP contribution in [-0.2, 0) is 27.1 Å². The summed E-state index contributed by atoms with van der Waals surface area (Å²) in [6.45, 7) is 1.52. The van der Waals surface area contributed by atoms with Gasteiger partial charge in [-0.1, -0.05) is 11.6 Å². The number of aryl methyl sites for hydroxylation is 2. The van der Waals surface area contributed by atoms with E-state index in [9.17, 15) is 16.8 Å². The molecule has 0 unspecified atom stereocenters. The maximum absolute atomic E-state index is 12.3. The Balaban J connectivity index is 2.37. The number of rotatable bonds is 4. The van der Waals surface area contributed by atoms with E-state index >= 15 is 0 Å². The van der Waals surface area contributed by atoms with E-state index in [0.717, 1.165) is 0 Å². The number of aromatic nitrogens is 2. The van der Waals surface area contributed by atoms with E-state index in [0.29, 0.717) is 0 Å². The third kappa shape index (κ3) is 3.24. The van der Waals surface area contributed by atoms with Crippen LogP contribution in [0.25, 0.3) is 0 Å². The van der Waals surface area contributed by atoms with Crippen molar-refractivity contribution >= 4 is 37.3 Å². The zero-order chi connectivity index (χ0) is 16.7. The molecule has 2 aromatic rings. The number of benzene rings is 1. The normalized spacial score (nSPS) is 12.4. The molecule has 0 saturated heterocycles.